The maximum absolute atomic E-state index is 13.4. The molecule has 1 saturated heterocycles. The van der Waals surface area contributed by atoms with Crippen LogP contribution < -0.4 is 0 Å². The van der Waals surface area contributed by atoms with Gasteiger partial charge in [-0.25, -0.2) is 17.2 Å². The number of benzene rings is 1. The number of hydrogen-bond acceptors (Lipinski definition) is 8. The summed E-state index contributed by atoms with van der Waals surface area (Å²) in [7, 11) is -3.99. The molecule has 168 valence electrons. The second-order valence-electron chi connectivity index (χ2n) is 7.12. The Morgan fingerprint density at radius 2 is 1.97 bits per heavy atom. The number of piperidine rings is 1. The van der Waals surface area contributed by atoms with Crippen molar-refractivity contribution in [2.24, 2.45) is 5.92 Å². The second-order valence-corrected chi connectivity index (χ2v) is 9.05. The van der Waals surface area contributed by atoms with Crippen LogP contribution in [-0.2, 0) is 26.2 Å². The molecule has 2 aromatic heterocycles. The third kappa shape index (κ3) is 4.65. The molecular formula is C20H18F2N4O5S. The summed E-state index contributed by atoms with van der Waals surface area (Å²) in [6.07, 6.45) is 3.64. The van der Waals surface area contributed by atoms with Crippen LogP contribution in [0.15, 0.2) is 52.1 Å². The van der Waals surface area contributed by atoms with Crippen molar-refractivity contribution in [2.45, 2.75) is 24.3 Å². The molecule has 0 bridgehead atoms. The zero-order valence-corrected chi connectivity index (χ0v) is 17.5. The highest BCUT2D eigenvalue weighted by Gasteiger charge is 2.33. The lowest BCUT2D eigenvalue weighted by atomic mass is 9.98. The number of carbonyl (C=O) groups is 1. The van der Waals surface area contributed by atoms with E-state index >= 15 is 0 Å². The molecule has 1 aromatic carbocycles. The molecule has 9 nitrogen and oxygen atoms in total. The molecule has 0 spiro atoms. The standard InChI is InChI=1S/C20H18F2N4O5S/c21-16-4-3-15(10-17(16)22)32(28,29)26-8-5-13(6-9-26)20(27)30-12-18-24-19(25-31-18)14-2-1-7-23-11-14/h1-4,7,10-11,13H,5-6,8-9,12H2. The van der Waals surface area contributed by atoms with Gasteiger partial charge < -0.3 is 9.26 Å². The molecule has 32 heavy (non-hydrogen) atoms. The summed E-state index contributed by atoms with van der Waals surface area (Å²) in [5.74, 6) is -2.94. The number of rotatable bonds is 6. The first-order chi connectivity index (χ1) is 15.3. The van der Waals surface area contributed by atoms with Gasteiger partial charge in [-0.05, 0) is 43.2 Å². The predicted molar refractivity (Wildman–Crippen MR) is 105 cm³/mol. The van der Waals surface area contributed by atoms with E-state index in [-0.39, 0.29) is 43.3 Å². The zero-order chi connectivity index (χ0) is 22.7. The Hall–Kier alpha value is -3.25. The minimum atomic E-state index is -3.99. The first kappa shape index (κ1) is 22.0. The van der Waals surface area contributed by atoms with Crippen molar-refractivity contribution in [3.8, 4) is 11.4 Å². The minimum absolute atomic E-state index is 0.0484. The third-order valence-electron chi connectivity index (χ3n) is 5.04. The molecule has 3 heterocycles. The molecule has 1 aliphatic rings. The molecule has 4 rings (SSSR count). The van der Waals surface area contributed by atoms with Crippen LogP contribution in [0.2, 0.25) is 0 Å². The molecule has 3 aromatic rings. The highest BCUT2D eigenvalue weighted by atomic mass is 32.2. The second kappa shape index (κ2) is 9.09. The summed E-state index contributed by atoms with van der Waals surface area (Å²) in [5, 5.41) is 3.81. The van der Waals surface area contributed by atoms with Crippen LogP contribution >= 0.6 is 0 Å². The summed E-state index contributed by atoms with van der Waals surface area (Å²) in [6.45, 7) is -0.112. The van der Waals surface area contributed by atoms with Gasteiger partial charge in [0.15, 0.2) is 18.2 Å². The quantitative estimate of drug-likeness (QED) is 0.511. The summed E-state index contributed by atoms with van der Waals surface area (Å²) in [4.78, 5) is 20.2. The highest BCUT2D eigenvalue weighted by molar-refractivity contribution is 7.89. The van der Waals surface area contributed by atoms with Crippen LogP contribution in [0.5, 0.6) is 0 Å². The van der Waals surface area contributed by atoms with Crippen molar-refractivity contribution in [1.29, 1.82) is 0 Å². The van der Waals surface area contributed by atoms with Crippen LogP contribution in [-0.4, -0.2) is 46.9 Å². The highest BCUT2D eigenvalue weighted by Crippen LogP contribution is 2.26. The molecule has 1 aliphatic heterocycles. The molecular weight excluding hydrogens is 446 g/mol. The number of hydrogen-bond donors (Lipinski definition) is 0. The maximum atomic E-state index is 13.4. The van der Waals surface area contributed by atoms with E-state index in [9.17, 15) is 22.0 Å². The molecule has 0 atom stereocenters. The first-order valence-corrected chi connectivity index (χ1v) is 11.1. The Bertz CT molecular complexity index is 1210. The van der Waals surface area contributed by atoms with Crippen molar-refractivity contribution < 1.29 is 31.3 Å². The average Bonchev–Trinajstić information content (AvgIpc) is 3.29. The van der Waals surface area contributed by atoms with Crippen molar-refractivity contribution in [1.82, 2.24) is 19.4 Å². The Kier molecular flexibility index (Phi) is 6.24. The Morgan fingerprint density at radius 1 is 1.19 bits per heavy atom. The molecule has 1 fully saturated rings. The summed E-state index contributed by atoms with van der Waals surface area (Å²) < 4.78 is 63.3. The third-order valence-corrected chi connectivity index (χ3v) is 6.94. The molecule has 0 aliphatic carbocycles. The molecule has 0 radical (unpaired) electrons. The molecule has 0 N–H and O–H groups in total. The van der Waals surface area contributed by atoms with Crippen molar-refractivity contribution in [3.63, 3.8) is 0 Å². The van der Waals surface area contributed by atoms with Crippen LogP contribution in [0.25, 0.3) is 11.4 Å². The Morgan fingerprint density at radius 3 is 2.66 bits per heavy atom. The topological polar surface area (TPSA) is 115 Å². The van der Waals surface area contributed by atoms with E-state index < -0.39 is 33.5 Å². The van der Waals surface area contributed by atoms with Crippen molar-refractivity contribution >= 4 is 16.0 Å². The van der Waals surface area contributed by atoms with Gasteiger partial charge in [0.1, 0.15) is 0 Å². The molecule has 0 unspecified atom stereocenters. The Balaban J connectivity index is 1.31. The fourth-order valence-electron chi connectivity index (χ4n) is 3.29. The monoisotopic (exact) mass is 464 g/mol. The lowest BCUT2D eigenvalue weighted by Crippen LogP contribution is -2.40. The van der Waals surface area contributed by atoms with E-state index in [4.69, 9.17) is 9.26 Å². The van der Waals surface area contributed by atoms with E-state index in [0.717, 1.165) is 16.4 Å². The van der Waals surface area contributed by atoms with Gasteiger partial charge in [-0.3, -0.25) is 9.78 Å². The molecule has 0 saturated carbocycles. The fourth-order valence-corrected chi connectivity index (χ4v) is 4.78. The van der Waals surface area contributed by atoms with Crippen LogP contribution in [0.3, 0.4) is 0 Å². The number of pyridine rings is 1. The predicted octanol–water partition coefficient (Wildman–Crippen LogP) is 2.55. The molecule has 12 heteroatoms. The van der Waals surface area contributed by atoms with Crippen LogP contribution in [0.4, 0.5) is 8.78 Å². The first-order valence-electron chi connectivity index (χ1n) is 9.69. The number of carbonyl (C=O) groups excluding carboxylic acids is 1. The van der Waals surface area contributed by atoms with Gasteiger partial charge in [0.2, 0.25) is 15.8 Å². The molecule has 0 amide bonds. The number of ether oxygens (including phenoxy) is 1. The number of aromatic nitrogens is 3. The maximum Gasteiger partial charge on any atom is 0.309 e. The summed E-state index contributed by atoms with van der Waals surface area (Å²) in [6, 6.07) is 5.91. The summed E-state index contributed by atoms with van der Waals surface area (Å²) in [5.41, 5.74) is 0.656. The average molecular weight is 464 g/mol. The van der Waals surface area contributed by atoms with E-state index in [0.29, 0.717) is 17.5 Å². The van der Waals surface area contributed by atoms with Crippen molar-refractivity contribution in [3.05, 3.63) is 60.3 Å². The number of esters is 1. The fraction of sp³-hybridized carbons (Fsp3) is 0.300. The lowest BCUT2D eigenvalue weighted by molar-refractivity contribution is -0.152. The van der Waals surface area contributed by atoms with Gasteiger partial charge >= 0.3 is 5.97 Å². The SMILES string of the molecule is O=C(OCc1nc(-c2cccnc2)no1)C1CCN(S(=O)(=O)c2ccc(F)c(F)c2)CC1. The van der Waals surface area contributed by atoms with E-state index in [2.05, 4.69) is 15.1 Å². The zero-order valence-electron chi connectivity index (χ0n) is 16.6. The van der Waals surface area contributed by atoms with Gasteiger partial charge in [0, 0.05) is 31.0 Å². The Labute approximate surface area is 182 Å². The number of sulfonamides is 1. The normalized spacial score (nSPS) is 15.6. The van der Waals surface area contributed by atoms with Gasteiger partial charge in [-0.15, -0.1) is 0 Å². The van der Waals surface area contributed by atoms with Gasteiger partial charge in [-0.2, -0.15) is 9.29 Å². The van der Waals surface area contributed by atoms with Crippen molar-refractivity contribution in [2.75, 3.05) is 13.1 Å². The largest absolute Gasteiger partial charge is 0.455 e. The number of halogens is 2. The minimum Gasteiger partial charge on any atom is -0.455 e. The number of nitrogens with zero attached hydrogens (tertiary/aromatic N) is 4. The van der Waals surface area contributed by atoms with E-state index in [1.165, 1.54) is 0 Å². The summed E-state index contributed by atoms with van der Waals surface area (Å²) >= 11 is 0. The smallest absolute Gasteiger partial charge is 0.309 e. The van der Waals surface area contributed by atoms with Gasteiger partial charge in [-0.1, -0.05) is 5.16 Å². The van der Waals surface area contributed by atoms with Crippen LogP contribution in [0, 0.1) is 17.6 Å². The van der Waals surface area contributed by atoms with E-state index in [1.807, 2.05) is 0 Å². The lowest BCUT2D eigenvalue weighted by Gasteiger charge is -2.30. The van der Waals surface area contributed by atoms with E-state index in [1.54, 1.807) is 24.5 Å². The van der Waals surface area contributed by atoms with Gasteiger partial charge in [0.05, 0.1) is 10.8 Å². The van der Waals surface area contributed by atoms with Crippen LogP contribution in [0.1, 0.15) is 18.7 Å². The van der Waals surface area contributed by atoms with Gasteiger partial charge in [0.25, 0.3) is 5.89 Å².